The molecule has 6 nitrogen and oxygen atoms in total. The molecule has 1 aromatic carbocycles. The minimum Gasteiger partial charge on any atom is -0.486 e. The van der Waals surface area contributed by atoms with Crippen molar-refractivity contribution in [2.45, 2.75) is 51.7 Å². The SMILES string of the molecule is CC(C)(C)OC(=O)Nc1ccc2c(c1)NC[C@H](CC(=O)C1CC1)O2. The molecule has 2 aliphatic rings. The lowest BCUT2D eigenvalue weighted by Gasteiger charge is -2.27. The van der Waals surface area contributed by atoms with Gasteiger partial charge in [-0.3, -0.25) is 10.1 Å². The maximum absolute atomic E-state index is 11.9. The fourth-order valence-corrected chi connectivity index (χ4v) is 2.63. The van der Waals surface area contributed by atoms with Crippen molar-refractivity contribution in [3.05, 3.63) is 18.2 Å². The number of ether oxygens (including phenoxy) is 2. The molecule has 24 heavy (non-hydrogen) atoms. The number of fused-ring (bicyclic) bond motifs is 1. The smallest absolute Gasteiger partial charge is 0.412 e. The largest absolute Gasteiger partial charge is 0.486 e. The van der Waals surface area contributed by atoms with Crippen molar-refractivity contribution < 1.29 is 19.1 Å². The van der Waals surface area contributed by atoms with Gasteiger partial charge in [-0.1, -0.05) is 0 Å². The first-order valence-corrected chi connectivity index (χ1v) is 8.37. The van der Waals surface area contributed by atoms with Crippen LogP contribution in [0.1, 0.15) is 40.0 Å². The van der Waals surface area contributed by atoms with Gasteiger partial charge in [0.05, 0.1) is 12.2 Å². The quantitative estimate of drug-likeness (QED) is 0.881. The number of hydrogen-bond acceptors (Lipinski definition) is 5. The number of nitrogens with one attached hydrogen (secondary N) is 2. The number of ketones is 1. The Morgan fingerprint density at radius 2 is 2.08 bits per heavy atom. The van der Waals surface area contributed by atoms with Gasteiger partial charge in [0.2, 0.25) is 0 Å². The molecule has 0 unspecified atom stereocenters. The maximum Gasteiger partial charge on any atom is 0.412 e. The zero-order chi connectivity index (χ0) is 17.3. The normalized spacial score (nSPS) is 19.5. The summed E-state index contributed by atoms with van der Waals surface area (Å²) < 4.78 is 11.1. The molecule has 0 saturated heterocycles. The number of Topliss-reactive ketones (excluding diaryl/α,β-unsaturated/α-hetero) is 1. The van der Waals surface area contributed by atoms with Gasteiger partial charge >= 0.3 is 6.09 Å². The Bertz CT molecular complexity index is 647. The molecule has 130 valence electrons. The predicted octanol–water partition coefficient (Wildman–Crippen LogP) is 3.58. The third kappa shape index (κ3) is 4.40. The second kappa shape index (κ2) is 6.34. The average Bonchev–Trinajstić information content (AvgIpc) is 3.30. The Hall–Kier alpha value is -2.24. The molecular formula is C18H24N2O4. The van der Waals surface area contributed by atoms with E-state index >= 15 is 0 Å². The highest BCUT2D eigenvalue weighted by molar-refractivity contribution is 5.86. The number of hydrogen-bond donors (Lipinski definition) is 2. The van der Waals surface area contributed by atoms with Gasteiger partial charge in [0, 0.05) is 18.0 Å². The summed E-state index contributed by atoms with van der Waals surface area (Å²) in [7, 11) is 0. The van der Waals surface area contributed by atoms with E-state index in [0.717, 1.165) is 18.5 Å². The van der Waals surface area contributed by atoms with Crippen molar-refractivity contribution in [1.82, 2.24) is 0 Å². The molecule has 1 heterocycles. The van der Waals surface area contributed by atoms with Crippen molar-refractivity contribution in [3.63, 3.8) is 0 Å². The van der Waals surface area contributed by atoms with Crippen LogP contribution in [0, 0.1) is 5.92 Å². The summed E-state index contributed by atoms with van der Waals surface area (Å²) in [5, 5.41) is 5.97. The summed E-state index contributed by atoms with van der Waals surface area (Å²) in [4.78, 5) is 23.7. The molecular weight excluding hydrogens is 308 g/mol. The molecule has 1 fully saturated rings. The number of benzene rings is 1. The van der Waals surface area contributed by atoms with Crippen molar-refractivity contribution in [2.24, 2.45) is 5.92 Å². The molecule has 0 aromatic heterocycles. The molecule has 6 heteroatoms. The summed E-state index contributed by atoms with van der Waals surface area (Å²) >= 11 is 0. The standard InChI is InChI=1S/C18H24N2O4/c1-18(2,3)24-17(22)20-12-6-7-16-14(8-12)19-10-13(23-16)9-15(21)11-4-5-11/h6-8,11,13,19H,4-5,9-10H2,1-3H3,(H,20,22)/t13-/m0/s1. The van der Waals surface area contributed by atoms with Gasteiger partial charge in [0.1, 0.15) is 23.2 Å². The lowest BCUT2D eigenvalue weighted by molar-refractivity contribution is -0.121. The fraction of sp³-hybridized carbons (Fsp3) is 0.556. The maximum atomic E-state index is 11.9. The third-order valence-corrected chi connectivity index (χ3v) is 3.90. The molecule has 0 radical (unpaired) electrons. The van der Waals surface area contributed by atoms with E-state index in [-0.39, 0.29) is 12.0 Å². The zero-order valence-corrected chi connectivity index (χ0v) is 14.3. The van der Waals surface area contributed by atoms with Crippen LogP contribution in [-0.4, -0.2) is 30.1 Å². The number of carbonyl (C=O) groups excluding carboxylic acids is 2. The van der Waals surface area contributed by atoms with E-state index in [1.165, 1.54) is 0 Å². The molecule has 0 spiro atoms. The zero-order valence-electron chi connectivity index (χ0n) is 14.3. The van der Waals surface area contributed by atoms with Crippen LogP contribution in [0.5, 0.6) is 5.75 Å². The molecule has 3 rings (SSSR count). The third-order valence-electron chi connectivity index (χ3n) is 3.90. The van der Waals surface area contributed by atoms with Crippen molar-refractivity contribution in [1.29, 1.82) is 0 Å². The molecule has 1 saturated carbocycles. The molecule has 2 N–H and O–H groups in total. The summed E-state index contributed by atoms with van der Waals surface area (Å²) in [6.07, 6.45) is 1.88. The monoisotopic (exact) mass is 332 g/mol. The molecule has 1 amide bonds. The van der Waals surface area contributed by atoms with E-state index in [4.69, 9.17) is 9.47 Å². The van der Waals surface area contributed by atoms with E-state index in [2.05, 4.69) is 10.6 Å². The molecule has 1 aliphatic carbocycles. The summed E-state index contributed by atoms with van der Waals surface area (Å²) in [5.41, 5.74) is 0.895. The van der Waals surface area contributed by atoms with Crippen molar-refractivity contribution in [2.75, 3.05) is 17.2 Å². The van der Waals surface area contributed by atoms with Gasteiger partial charge in [-0.15, -0.1) is 0 Å². The number of carbonyl (C=O) groups is 2. The van der Waals surface area contributed by atoms with E-state index in [1.54, 1.807) is 18.2 Å². The summed E-state index contributed by atoms with van der Waals surface area (Å²) in [6, 6.07) is 5.36. The molecule has 0 bridgehead atoms. The summed E-state index contributed by atoms with van der Waals surface area (Å²) in [6.45, 7) is 6.04. The summed E-state index contributed by atoms with van der Waals surface area (Å²) in [5.74, 6) is 1.26. The lowest BCUT2D eigenvalue weighted by Crippen LogP contribution is -2.33. The Kier molecular flexibility index (Phi) is 4.39. The van der Waals surface area contributed by atoms with Crippen molar-refractivity contribution >= 4 is 23.3 Å². The van der Waals surface area contributed by atoms with E-state index in [9.17, 15) is 9.59 Å². The van der Waals surface area contributed by atoms with Gasteiger partial charge < -0.3 is 14.8 Å². The van der Waals surface area contributed by atoms with Crippen LogP contribution in [0.4, 0.5) is 16.2 Å². The van der Waals surface area contributed by atoms with Gasteiger partial charge in [0.25, 0.3) is 0 Å². The van der Waals surface area contributed by atoms with Gasteiger partial charge in [0.15, 0.2) is 0 Å². The fourth-order valence-electron chi connectivity index (χ4n) is 2.63. The number of amides is 1. The van der Waals surface area contributed by atoms with Gasteiger partial charge in [-0.05, 0) is 51.8 Å². The van der Waals surface area contributed by atoms with Crippen LogP contribution in [0.3, 0.4) is 0 Å². The van der Waals surface area contributed by atoms with E-state index < -0.39 is 11.7 Å². The first-order valence-electron chi connectivity index (χ1n) is 8.37. The topological polar surface area (TPSA) is 76.7 Å². The van der Waals surface area contributed by atoms with E-state index in [1.807, 2.05) is 20.8 Å². The predicted molar refractivity (Wildman–Crippen MR) is 91.6 cm³/mol. The molecule has 1 aliphatic heterocycles. The second-order valence-corrected chi connectivity index (χ2v) is 7.40. The van der Waals surface area contributed by atoms with Crippen LogP contribution in [0.2, 0.25) is 0 Å². The lowest BCUT2D eigenvalue weighted by atomic mass is 10.1. The minimum absolute atomic E-state index is 0.129. The number of rotatable bonds is 4. The first kappa shape index (κ1) is 16.6. The van der Waals surface area contributed by atoms with Crippen LogP contribution in [0.15, 0.2) is 18.2 Å². The number of anilines is 2. The highest BCUT2D eigenvalue weighted by Gasteiger charge is 2.32. The Balaban J connectivity index is 1.59. The minimum atomic E-state index is -0.541. The van der Waals surface area contributed by atoms with Crippen LogP contribution in [0.25, 0.3) is 0 Å². The highest BCUT2D eigenvalue weighted by atomic mass is 16.6. The van der Waals surface area contributed by atoms with Gasteiger partial charge in [-0.2, -0.15) is 0 Å². The first-order chi connectivity index (χ1) is 11.3. The van der Waals surface area contributed by atoms with Crippen LogP contribution in [-0.2, 0) is 9.53 Å². The molecule has 1 aromatic rings. The Morgan fingerprint density at radius 3 is 2.75 bits per heavy atom. The Morgan fingerprint density at radius 1 is 1.33 bits per heavy atom. The highest BCUT2D eigenvalue weighted by Crippen LogP contribution is 2.35. The van der Waals surface area contributed by atoms with Crippen molar-refractivity contribution in [3.8, 4) is 5.75 Å². The van der Waals surface area contributed by atoms with Crippen LogP contribution < -0.4 is 15.4 Å². The van der Waals surface area contributed by atoms with Crippen LogP contribution >= 0.6 is 0 Å². The average molecular weight is 332 g/mol. The van der Waals surface area contributed by atoms with Gasteiger partial charge in [-0.25, -0.2) is 4.79 Å². The molecule has 1 atom stereocenters. The Labute approximate surface area is 141 Å². The second-order valence-electron chi connectivity index (χ2n) is 7.40. The van der Waals surface area contributed by atoms with E-state index in [0.29, 0.717) is 30.2 Å².